The van der Waals surface area contributed by atoms with Gasteiger partial charge in [-0.2, -0.15) is 5.10 Å². The number of anilines is 1. The minimum atomic E-state index is -0.413. The van der Waals surface area contributed by atoms with Crippen LogP contribution in [0.3, 0.4) is 0 Å². The molecule has 1 aliphatic rings. The second kappa shape index (κ2) is 7.27. The van der Waals surface area contributed by atoms with E-state index in [0.29, 0.717) is 5.56 Å². The molecule has 0 saturated carbocycles. The zero-order valence-corrected chi connectivity index (χ0v) is 13.6. The van der Waals surface area contributed by atoms with Crippen LogP contribution in [0, 0.1) is 0 Å². The highest BCUT2D eigenvalue weighted by Gasteiger charge is 2.16. The van der Waals surface area contributed by atoms with E-state index in [1.54, 1.807) is 12.1 Å². The van der Waals surface area contributed by atoms with Gasteiger partial charge in [0.25, 0.3) is 5.91 Å². The molecule has 0 aliphatic carbocycles. The van der Waals surface area contributed by atoms with Crippen LogP contribution >= 0.6 is 0 Å². The quantitative estimate of drug-likeness (QED) is 0.889. The second-order valence-corrected chi connectivity index (χ2v) is 5.87. The molecule has 0 saturated heterocycles. The fourth-order valence-electron chi connectivity index (χ4n) is 2.71. The van der Waals surface area contributed by atoms with Crippen molar-refractivity contribution >= 4 is 17.3 Å². The summed E-state index contributed by atoms with van der Waals surface area (Å²) in [6, 6.07) is 16.4. The molecule has 124 valence electrons. The predicted octanol–water partition coefficient (Wildman–Crippen LogP) is 2.74. The van der Waals surface area contributed by atoms with Gasteiger partial charge >= 0.3 is 0 Å². The Bertz CT molecular complexity index is 726. The van der Waals surface area contributed by atoms with E-state index in [9.17, 15) is 9.90 Å². The van der Waals surface area contributed by atoms with Gasteiger partial charge in [-0.15, -0.1) is 0 Å². The van der Waals surface area contributed by atoms with Gasteiger partial charge in [0.05, 0.1) is 18.3 Å². The van der Waals surface area contributed by atoms with Crippen LogP contribution in [0.25, 0.3) is 0 Å². The monoisotopic (exact) mass is 323 g/mol. The zero-order chi connectivity index (χ0) is 16.9. The molecule has 0 unspecified atom stereocenters. The van der Waals surface area contributed by atoms with Crippen LogP contribution in [0.1, 0.15) is 35.3 Å². The molecule has 1 amide bonds. The van der Waals surface area contributed by atoms with E-state index < -0.39 is 6.04 Å². The molecule has 0 bridgehead atoms. The minimum absolute atomic E-state index is 0.143. The standard InChI is InChI=1S/C19H21N3O2/c1-14-11-12-22(21-14)17-9-7-16(8-10-17)19(24)20-18(13-23)15-5-3-2-4-6-15/h2-10,18,23H,11-13H2,1H3,(H,20,24)/t18-/m1/s1. The molecule has 3 rings (SSSR count). The van der Waals surface area contributed by atoms with Gasteiger partial charge in [0, 0.05) is 24.2 Å². The fourth-order valence-corrected chi connectivity index (χ4v) is 2.71. The van der Waals surface area contributed by atoms with Crippen molar-refractivity contribution in [2.75, 3.05) is 18.2 Å². The second-order valence-electron chi connectivity index (χ2n) is 5.87. The lowest BCUT2D eigenvalue weighted by atomic mass is 10.1. The van der Waals surface area contributed by atoms with Crippen LogP contribution in [-0.2, 0) is 0 Å². The normalized spacial score (nSPS) is 15.1. The van der Waals surface area contributed by atoms with Crippen LogP contribution in [0.5, 0.6) is 0 Å². The Kier molecular flexibility index (Phi) is 4.91. The smallest absolute Gasteiger partial charge is 0.251 e. The van der Waals surface area contributed by atoms with Gasteiger partial charge in [-0.1, -0.05) is 30.3 Å². The summed E-state index contributed by atoms with van der Waals surface area (Å²) in [6.45, 7) is 2.74. The number of hydrazone groups is 1. The number of nitrogens with one attached hydrogen (secondary N) is 1. The SMILES string of the molecule is CC1=NN(c2ccc(C(=O)N[C@H](CO)c3ccccc3)cc2)CC1. The first-order valence-corrected chi connectivity index (χ1v) is 8.05. The number of hydrogen-bond donors (Lipinski definition) is 2. The van der Waals surface area contributed by atoms with E-state index in [2.05, 4.69) is 10.4 Å². The number of carbonyl (C=O) groups excluding carboxylic acids is 1. The van der Waals surface area contributed by atoms with E-state index >= 15 is 0 Å². The number of aliphatic hydroxyl groups is 1. The van der Waals surface area contributed by atoms with Crippen molar-refractivity contribution in [3.8, 4) is 0 Å². The van der Waals surface area contributed by atoms with E-state index in [-0.39, 0.29) is 12.5 Å². The lowest BCUT2D eigenvalue weighted by Gasteiger charge is -2.17. The van der Waals surface area contributed by atoms with Crippen LogP contribution in [0.2, 0.25) is 0 Å². The van der Waals surface area contributed by atoms with Crippen molar-refractivity contribution < 1.29 is 9.90 Å². The summed E-state index contributed by atoms with van der Waals surface area (Å²) in [4.78, 5) is 12.4. The number of aliphatic hydroxyl groups excluding tert-OH is 1. The molecule has 1 heterocycles. The molecule has 0 aromatic heterocycles. The van der Waals surface area contributed by atoms with E-state index in [0.717, 1.165) is 29.9 Å². The van der Waals surface area contributed by atoms with Gasteiger partial charge in [0.2, 0.25) is 0 Å². The molecule has 5 nitrogen and oxygen atoms in total. The molecule has 1 aliphatic heterocycles. The number of benzene rings is 2. The summed E-state index contributed by atoms with van der Waals surface area (Å²) >= 11 is 0. The zero-order valence-electron chi connectivity index (χ0n) is 13.6. The number of rotatable bonds is 5. The molecule has 2 aromatic rings. The molecule has 0 fully saturated rings. The first kappa shape index (κ1) is 16.2. The number of amides is 1. The van der Waals surface area contributed by atoms with Gasteiger partial charge in [0.15, 0.2) is 0 Å². The van der Waals surface area contributed by atoms with Crippen LogP contribution in [-0.4, -0.2) is 29.9 Å². The molecular weight excluding hydrogens is 302 g/mol. The molecule has 0 spiro atoms. The Balaban J connectivity index is 1.68. The third-order valence-corrected chi connectivity index (χ3v) is 4.09. The fraction of sp³-hybridized carbons (Fsp3) is 0.263. The van der Waals surface area contributed by atoms with Crippen molar-refractivity contribution in [1.29, 1.82) is 0 Å². The maximum atomic E-state index is 12.4. The lowest BCUT2D eigenvalue weighted by Crippen LogP contribution is -2.30. The summed E-state index contributed by atoms with van der Waals surface area (Å²) in [5.41, 5.74) is 3.54. The number of carbonyl (C=O) groups is 1. The van der Waals surface area contributed by atoms with Gasteiger partial charge in [0.1, 0.15) is 0 Å². The summed E-state index contributed by atoms with van der Waals surface area (Å²) in [7, 11) is 0. The largest absolute Gasteiger partial charge is 0.394 e. The molecule has 2 N–H and O–H groups in total. The predicted molar refractivity (Wildman–Crippen MR) is 95.2 cm³/mol. The Morgan fingerprint density at radius 3 is 2.50 bits per heavy atom. The highest BCUT2D eigenvalue weighted by Crippen LogP contribution is 2.20. The topological polar surface area (TPSA) is 64.9 Å². The third kappa shape index (κ3) is 3.63. The van der Waals surface area contributed by atoms with Crippen molar-refractivity contribution in [2.45, 2.75) is 19.4 Å². The van der Waals surface area contributed by atoms with E-state index in [1.807, 2.05) is 54.4 Å². The van der Waals surface area contributed by atoms with Crippen LogP contribution in [0.4, 0.5) is 5.69 Å². The molecule has 5 heteroatoms. The summed E-state index contributed by atoms with van der Waals surface area (Å²) in [5.74, 6) is -0.203. The van der Waals surface area contributed by atoms with Crippen molar-refractivity contribution in [1.82, 2.24) is 5.32 Å². The average Bonchev–Trinajstić information content (AvgIpc) is 3.07. The molecule has 1 atom stereocenters. The maximum absolute atomic E-state index is 12.4. The van der Waals surface area contributed by atoms with Crippen LogP contribution < -0.4 is 10.3 Å². The van der Waals surface area contributed by atoms with Gasteiger partial charge in [-0.25, -0.2) is 0 Å². The first-order chi connectivity index (χ1) is 11.7. The van der Waals surface area contributed by atoms with Crippen LogP contribution in [0.15, 0.2) is 59.7 Å². The van der Waals surface area contributed by atoms with Crippen molar-refractivity contribution in [2.24, 2.45) is 5.10 Å². The molecular formula is C19H21N3O2. The highest BCUT2D eigenvalue weighted by molar-refractivity contribution is 5.95. The maximum Gasteiger partial charge on any atom is 0.251 e. The van der Waals surface area contributed by atoms with Gasteiger partial charge in [-0.05, 0) is 36.8 Å². The van der Waals surface area contributed by atoms with E-state index in [4.69, 9.17) is 0 Å². The number of hydrogen-bond acceptors (Lipinski definition) is 4. The summed E-state index contributed by atoms with van der Waals surface area (Å²) < 4.78 is 0. The van der Waals surface area contributed by atoms with Crippen molar-refractivity contribution in [3.63, 3.8) is 0 Å². The highest BCUT2D eigenvalue weighted by atomic mass is 16.3. The third-order valence-electron chi connectivity index (χ3n) is 4.09. The first-order valence-electron chi connectivity index (χ1n) is 8.05. The summed E-state index contributed by atoms with van der Waals surface area (Å²) in [6.07, 6.45) is 0.970. The average molecular weight is 323 g/mol. The lowest BCUT2D eigenvalue weighted by molar-refractivity contribution is 0.0916. The van der Waals surface area contributed by atoms with Gasteiger partial charge < -0.3 is 10.4 Å². The van der Waals surface area contributed by atoms with Crippen molar-refractivity contribution in [3.05, 3.63) is 65.7 Å². The molecule has 2 aromatic carbocycles. The molecule has 0 radical (unpaired) electrons. The molecule has 24 heavy (non-hydrogen) atoms. The van der Waals surface area contributed by atoms with E-state index in [1.165, 1.54) is 0 Å². The summed E-state index contributed by atoms with van der Waals surface area (Å²) in [5, 5.41) is 18.8. The van der Waals surface area contributed by atoms with Gasteiger partial charge in [-0.3, -0.25) is 9.80 Å². The Morgan fingerprint density at radius 1 is 1.21 bits per heavy atom. The minimum Gasteiger partial charge on any atom is -0.394 e. The number of nitrogens with zero attached hydrogens (tertiary/aromatic N) is 2. The Hall–Kier alpha value is -2.66. The Labute approximate surface area is 141 Å². The Morgan fingerprint density at radius 2 is 1.92 bits per heavy atom.